The van der Waals surface area contributed by atoms with Crippen LogP contribution in [0.15, 0.2) is 18.2 Å². The van der Waals surface area contributed by atoms with Crippen LogP contribution in [0.2, 0.25) is 0 Å². The molecule has 1 aromatic rings. The van der Waals surface area contributed by atoms with Crippen LogP contribution in [-0.4, -0.2) is 11.7 Å². The fourth-order valence-corrected chi connectivity index (χ4v) is 1.22. The first-order valence-corrected chi connectivity index (χ1v) is 4.66. The third kappa shape index (κ3) is 1.80. The molecule has 0 amide bonds. The van der Waals surface area contributed by atoms with Gasteiger partial charge in [-0.05, 0) is 30.9 Å². The van der Waals surface area contributed by atoms with Crippen molar-refractivity contribution in [2.24, 2.45) is 5.92 Å². The van der Waals surface area contributed by atoms with Crippen LogP contribution < -0.4 is 4.74 Å². The molecule has 3 nitrogen and oxygen atoms in total. The number of phenols is 1. The van der Waals surface area contributed by atoms with E-state index in [1.54, 1.807) is 18.2 Å². The lowest BCUT2D eigenvalue weighted by atomic mass is 10.2. The molecule has 1 aliphatic rings. The van der Waals surface area contributed by atoms with Gasteiger partial charge in [0.05, 0.1) is 12.2 Å². The monoisotopic (exact) mass is 189 g/mol. The molecule has 0 heterocycles. The van der Waals surface area contributed by atoms with Gasteiger partial charge in [0.2, 0.25) is 0 Å². The second-order valence-electron chi connectivity index (χ2n) is 3.52. The molecule has 1 aromatic carbocycles. The van der Waals surface area contributed by atoms with Crippen molar-refractivity contribution in [2.45, 2.75) is 12.8 Å². The average molecular weight is 189 g/mol. The number of rotatable bonds is 3. The van der Waals surface area contributed by atoms with E-state index in [2.05, 4.69) is 0 Å². The lowest BCUT2D eigenvalue weighted by molar-refractivity contribution is 0.284. The van der Waals surface area contributed by atoms with Crippen LogP contribution in [0.3, 0.4) is 0 Å². The maximum Gasteiger partial charge on any atom is 0.175 e. The van der Waals surface area contributed by atoms with Crippen molar-refractivity contribution >= 4 is 0 Å². The fourth-order valence-electron chi connectivity index (χ4n) is 1.22. The summed E-state index contributed by atoms with van der Waals surface area (Å²) in [6.45, 7) is 0.641. The predicted octanol–water partition coefficient (Wildman–Crippen LogP) is 2.05. The normalized spacial score (nSPS) is 14.8. The van der Waals surface area contributed by atoms with Gasteiger partial charge in [0.1, 0.15) is 6.07 Å². The summed E-state index contributed by atoms with van der Waals surface area (Å²) in [5, 5.41) is 18.2. The van der Waals surface area contributed by atoms with E-state index >= 15 is 0 Å². The fraction of sp³-hybridized carbons (Fsp3) is 0.364. The molecule has 1 saturated carbocycles. The van der Waals surface area contributed by atoms with E-state index in [0.29, 0.717) is 18.3 Å². The summed E-state index contributed by atoms with van der Waals surface area (Å²) in [6.07, 6.45) is 2.41. The molecule has 0 aliphatic heterocycles. The summed E-state index contributed by atoms with van der Waals surface area (Å²) in [5.74, 6) is 1.01. The minimum Gasteiger partial charge on any atom is -0.503 e. The van der Waals surface area contributed by atoms with Crippen LogP contribution in [0, 0.1) is 17.2 Å². The van der Waals surface area contributed by atoms with Gasteiger partial charge in [0.25, 0.3) is 0 Å². The molecule has 0 unspecified atom stereocenters. The Hall–Kier alpha value is -1.69. The Morgan fingerprint density at radius 2 is 2.29 bits per heavy atom. The molecule has 2 rings (SSSR count). The van der Waals surface area contributed by atoms with Crippen LogP contribution in [-0.2, 0) is 0 Å². The van der Waals surface area contributed by atoms with Crippen molar-refractivity contribution < 1.29 is 9.84 Å². The molecule has 1 N–H and O–H groups in total. The maximum absolute atomic E-state index is 9.57. The highest BCUT2D eigenvalue weighted by Gasteiger charge is 2.22. The van der Waals surface area contributed by atoms with E-state index in [1.807, 2.05) is 6.07 Å². The van der Waals surface area contributed by atoms with E-state index in [4.69, 9.17) is 10.00 Å². The lowest BCUT2D eigenvalue weighted by Gasteiger charge is -2.07. The predicted molar refractivity (Wildman–Crippen MR) is 51.0 cm³/mol. The summed E-state index contributed by atoms with van der Waals surface area (Å²) in [5.41, 5.74) is 0.262. The van der Waals surface area contributed by atoms with Crippen molar-refractivity contribution in [3.05, 3.63) is 23.8 Å². The number of hydrogen-bond donors (Lipinski definition) is 1. The smallest absolute Gasteiger partial charge is 0.175 e. The molecule has 0 atom stereocenters. The van der Waals surface area contributed by atoms with E-state index in [-0.39, 0.29) is 11.3 Å². The molecule has 0 aromatic heterocycles. The van der Waals surface area contributed by atoms with Crippen LogP contribution >= 0.6 is 0 Å². The first-order chi connectivity index (χ1) is 6.81. The second kappa shape index (κ2) is 3.59. The van der Waals surface area contributed by atoms with Gasteiger partial charge >= 0.3 is 0 Å². The third-order valence-electron chi connectivity index (χ3n) is 2.29. The highest BCUT2D eigenvalue weighted by atomic mass is 16.5. The van der Waals surface area contributed by atoms with Gasteiger partial charge in [-0.1, -0.05) is 6.07 Å². The van der Waals surface area contributed by atoms with Crippen LogP contribution in [0.25, 0.3) is 0 Å². The second-order valence-corrected chi connectivity index (χ2v) is 3.52. The highest BCUT2D eigenvalue weighted by molar-refractivity contribution is 5.51. The lowest BCUT2D eigenvalue weighted by Crippen LogP contribution is -1.99. The van der Waals surface area contributed by atoms with Crippen molar-refractivity contribution in [2.75, 3.05) is 6.61 Å². The Bertz CT molecular complexity index is 377. The number of ether oxygens (including phenoxy) is 1. The summed E-state index contributed by atoms with van der Waals surface area (Å²) in [6, 6.07) is 6.87. The largest absolute Gasteiger partial charge is 0.503 e. The summed E-state index contributed by atoms with van der Waals surface area (Å²) in [7, 11) is 0. The van der Waals surface area contributed by atoms with E-state index in [0.717, 1.165) is 0 Å². The zero-order valence-corrected chi connectivity index (χ0v) is 7.73. The molecular weight excluding hydrogens is 178 g/mol. The molecule has 1 aliphatic carbocycles. The Labute approximate surface area is 82.6 Å². The first-order valence-electron chi connectivity index (χ1n) is 4.66. The van der Waals surface area contributed by atoms with Crippen molar-refractivity contribution in [3.8, 4) is 17.6 Å². The maximum atomic E-state index is 9.57. The SMILES string of the molecule is N#Cc1cccc(OCC2CC2)c1O. The summed E-state index contributed by atoms with van der Waals surface area (Å²) in [4.78, 5) is 0. The van der Waals surface area contributed by atoms with Gasteiger partial charge in [-0.25, -0.2) is 0 Å². The zero-order valence-electron chi connectivity index (χ0n) is 7.73. The molecule has 0 radical (unpaired) electrons. The van der Waals surface area contributed by atoms with Crippen molar-refractivity contribution in [1.82, 2.24) is 0 Å². The van der Waals surface area contributed by atoms with E-state index in [1.165, 1.54) is 12.8 Å². The minimum absolute atomic E-state index is 0.0457. The number of benzene rings is 1. The highest BCUT2D eigenvalue weighted by Crippen LogP contribution is 2.33. The zero-order chi connectivity index (χ0) is 9.97. The molecule has 0 saturated heterocycles. The molecule has 3 heteroatoms. The number of hydrogen-bond acceptors (Lipinski definition) is 3. The van der Waals surface area contributed by atoms with E-state index < -0.39 is 0 Å². The van der Waals surface area contributed by atoms with Gasteiger partial charge in [-0.3, -0.25) is 0 Å². The number of aromatic hydroxyl groups is 1. The Morgan fingerprint density at radius 1 is 1.50 bits per heavy atom. The van der Waals surface area contributed by atoms with Gasteiger partial charge in [0.15, 0.2) is 11.5 Å². The minimum atomic E-state index is -0.0457. The Morgan fingerprint density at radius 3 is 2.93 bits per heavy atom. The van der Waals surface area contributed by atoms with Crippen molar-refractivity contribution in [1.29, 1.82) is 5.26 Å². The van der Waals surface area contributed by atoms with E-state index in [9.17, 15) is 5.11 Å². The molecule has 0 bridgehead atoms. The van der Waals surface area contributed by atoms with Gasteiger partial charge in [-0.15, -0.1) is 0 Å². The molecule has 14 heavy (non-hydrogen) atoms. The number of nitriles is 1. The Kier molecular flexibility index (Phi) is 2.28. The topological polar surface area (TPSA) is 53.2 Å². The molecule has 0 spiro atoms. The molecular formula is C11H11NO2. The standard InChI is InChI=1S/C11H11NO2/c12-6-9-2-1-3-10(11(9)13)14-7-8-4-5-8/h1-3,8,13H,4-5,7H2. The van der Waals surface area contributed by atoms with Gasteiger partial charge in [0, 0.05) is 0 Å². The van der Waals surface area contributed by atoms with Crippen LogP contribution in [0.4, 0.5) is 0 Å². The van der Waals surface area contributed by atoms with Gasteiger partial charge < -0.3 is 9.84 Å². The van der Waals surface area contributed by atoms with Crippen LogP contribution in [0.5, 0.6) is 11.5 Å². The number of nitrogens with zero attached hydrogens (tertiary/aromatic N) is 1. The summed E-state index contributed by atoms with van der Waals surface area (Å²) >= 11 is 0. The third-order valence-corrected chi connectivity index (χ3v) is 2.29. The molecule has 1 fully saturated rings. The van der Waals surface area contributed by atoms with Crippen molar-refractivity contribution in [3.63, 3.8) is 0 Å². The average Bonchev–Trinajstić information content (AvgIpc) is 3.00. The summed E-state index contributed by atoms with van der Waals surface area (Å²) < 4.78 is 5.40. The van der Waals surface area contributed by atoms with Gasteiger partial charge in [-0.2, -0.15) is 5.26 Å². The molecule has 72 valence electrons. The van der Waals surface area contributed by atoms with Crippen LogP contribution in [0.1, 0.15) is 18.4 Å². The number of para-hydroxylation sites is 1. The number of phenolic OH excluding ortho intramolecular Hbond substituents is 1. The Balaban J connectivity index is 2.11. The quantitative estimate of drug-likeness (QED) is 0.791. The first kappa shape index (κ1) is 8.89.